The number of amides is 9. The summed E-state index contributed by atoms with van der Waals surface area (Å²) >= 11 is 0. The minimum absolute atomic E-state index is 0.00546. The second-order valence-corrected chi connectivity index (χ2v) is 25.2. The topological polar surface area (TPSA) is 310 Å². The van der Waals surface area contributed by atoms with Gasteiger partial charge in [0, 0.05) is 150 Å². The molecule has 24 heteroatoms. The van der Waals surface area contributed by atoms with Gasteiger partial charge in [-0.1, -0.05) is 106 Å². The summed E-state index contributed by atoms with van der Waals surface area (Å²) in [4.78, 5) is 134. The normalized spacial score (nSPS) is 12.5. The Hall–Kier alpha value is -6.62. The van der Waals surface area contributed by atoms with Gasteiger partial charge in [-0.05, 0) is 81.1 Å². The number of piperazine rings is 1. The van der Waals surface area contributed by atoms with Crippen LogP contribution in [0.2, 0.25) is 0 Å². The summed E-state index contributed by atoms with van der Waals surface area (Å²) in [5.41, 5.74) is 0.175. The molecule has 0 bridgehead atoms. The van der Waals surface area contributed by atoms with E-state index in [-0.39, 0.29) is 128 Å². The molecular formula is C64H115N15O9. The zero-order valence-electron chi connectivity index (χ0n) is 55.3. The minimum atomic E-state index is -0.235. The molecule has 0 saturated carbocycles. The first-order valence-electron chi connectivity index (χ1n) is 33.2. The summed E-state index contributed by atoms with van der Waals surface area (Å²) < 4.78 is 0. The maximum Gasteiger partial charge on any atom is 0.243 e. The van der Waals surface area contributed by atoms with E-state index in [9.17, 15) is 43.2 Å². The van der Waals surface area contributed by atoms with Crippen molar-refractivity contribution in [1.82, 2.24) is 62.4 Å². The highest BCUT2D eigenvalue weighted by atomic mass is 16.2. The van der Waals surface area contributed by atoms with Crippen molar-refractivity contribution in [2.45, 2.75) is 216 Å². The molecule has 1 aliphatic rings. The lowest BCUT2D eigenvalue weighted by Gasteiger charge is -2.35. The van der Waals surface area contributed by atoms with E-state index < -0.39 is 0 Å². The van der Waals surface area contributed by atoms with Crippen molar-refractivity contribution < 1.29 is 43.2 Å². The molecule has 1 fully saturated rings. The fourth-order valence-electron chi connectivity index (χ4n) is 9.19. The molecule has 24 nitrogen and oxygen atoms in total. The van der Waals surface area contributed by atoms with Gasteiger partial charge < -0.3 is 62.6 Å². The van der Waals surface area contributed by atoms with Crippen molar-refractivity contribution in [3.05, 3.63) is 12.2 Å². The highest BCUT2D eigenvalue weighted by Gasteiger charge is 2.26. The van der Waals surface area contributed by atoms with Gasteiger partial charge in [0.1, 0.15) is 0 Å². The van der Waals surface area contributed by atoms with Gasteiger partial charge >= 0.3 is 0 Å². The van der Waals surface area contributed by atoms with E-state index in [0.717, 1.165) is 83.5 Å². The van der Waals surface area contributed by atoms with Crippen molar-refractivity contribution in [3.8, 4) is 0 Å². The predicted octanol–water partition coefficient (Wildman–Crippen LogP) is 6.11. The summed E-state index contributed by atoms with van der Waals surface area (Å²) in [5, 5.41) is 26.6. The van der Waals surface area contributed by atoms with E-state index in [1.807, 2.05) is 31.7 Å². The van der Waals surface area contributed by atoms with Crippen molar-refractivity contribution in [2.75, 3.05) is 113 Å². The summed E-state index contributed by atoms with van der Waals surface area (Å²) in [6, 6.07) is 0. The molecule has 500 valence electrons. The van der Waals surface area contributed by atoms with E-state index >= 15 is 0 Å². The molecule has 1 saturated heterocycles. The van der Waals surface area contributed by atoms with Gasteiger partial charge in [0.2, 0.25) is 71.0 Å². The number of hydrogen-bond acceptors (Lipinski definition) is 15. The number of carbonyl (C=O) groups excluding carboxylic acids is 9. The molecule has 0 unspecified atom stereocenters. The number of aromatic nitrogens is 3. The first-order chi connectivity index (χ1) is 42.1. The Morgan fingerprint density at radius 2 is 0.852 bits per heavy atom. The van der Waals surface area contributed by atoms with Crippen LogP contribution in [0, 0.1) is 10.8 Å². The molecule has 0 aliphatic carbocycles. The van der Waals surface area contributed by atoms with E-state index in [1.165, 1.54) is 0 Å². The van der Waals surface area contributed by atoms with Crippen LogP contribution in [0.3, 0.4) is 0 Å². The van der Waals surface area contributed by atoms with Gasteiger partial charge in [0.25, 0.3) is 0 Å². The molecule has 1 aliphatic heterocycles. The maximum absolute atomic E-state index is 13.4. The Kier molecular flexibility index (Phi) is 40.9. The first kappa shape index (κ1) is 77.5. The lowest BCUT2D eigenvalue weighted by Crippen LogP contribution is -2.49. The van der Waals surface area contributed by atoms with Crippen LogP contribution in [-0.2, 0) is 43.2 Å². The van der Waals surface area contributed by atoms with Gasteiger partial charge in [-0.2, -0.15) is 15.0 Å². The minimum Gasteiger partial charge on any atom is -0.356 e. The molecule has 9 N–H and O–H groups in total. The third-order valence-corrected chi connectivity index (χ3v) is 14.5. The van der Waals surface area contributed by atoms with E-state index in [1.54, 1.807) is 15.9 Å². The number of carbonyl (C=O) groups is 9. The highest BCUT2D eigenvalue weighted by Crippen LogP contribution is 2.23. The summed E-state index contributed by atoms with van der Waals surface area (Å²) in [5.74, 6) is -0.240. The van der Waals surface area contributed by atoms with Crippen molar-refractivity contribution in [1.29, 1.82) is 0 Å². The first-order valence-corrected chi connectivity index (χ1v) is 33.2. The Labute approximate surface area is 526 Å². The largest absolute Gasteiger partial charge is 0.356 e. The van der Waals surface area contributed by atoms with Crippen LogP contribution >= 0.6 is 0 Å². The Morgan fingerprint density at radius 3 is 1.31 bits per heavy atom. The fourth-order valence-corrected chi connectivity index (χ4v) is 9.19. The predicted molar refractivity (Wildman–Crippen MR) is 348 cm³/mol. The van der Waals surface area contributed by atoms with Crippen LogP contribution in [0.5, 0.6) is 0 Å². The number of hydrogen-bond donors (Lipinski definition) is 9. The molecule has 9 amide bonds. The third kappa shape index (κ3) is 41.5. The van der Waals surface area contributed by atoms with Gasteiger partial charge in [-0.3, -0.25) is 43.2 Å². The van der Waals surface area contributed by atoms with Crippen LogP contribution in [0.1, 0.15) is 216 Å². The lowest BCUT2D eigenvalue weighted by atomic mass is 9.89. The Morgan fingerprint density at radius 1 is 0.432 bits per heavy atom. The van der Waals surface area contributed by atoms with E-state index in [4.69, 9.17) is 15.0 Å². The smallest absolute Gasteiger partial charge is 0.243 e. The average molecular weight is 1240 g/mol. The number of anilines is 3. The second kappa shape index (κ2) is 46.5. The summed E-state index contributed by atoms with van der Waals surface area (Å²) in [7, 11) is 0. The van der Waals surface area contributed by atoms with Crippen molar-refractivity contribution in [2.24, 2.45) is 10.8 Å². The lowest BCUT2D eigenvalue weighted by molar-refractivity contribution is -0.132. The van der Waals surface area contributed by atoms with Crippen molar-refractivity contribution >= 4 is 71.0 Å². The number of rotatable bonds is 48. The van der Waals surface area contributed by atoms with Crippen molar-refractivity contribution in [3.63, 3.8) is 0 Å². The molecule has 88 heavy (non-hydrogen) atoms. The Balaban J connectivity index is 2.13. The van der Waals surface area contributed by atoms with Crippen LogP contribution < -0.4 is 57.7 Å². The quantitative estimate of drug-likeness (QED) is 0.0263. The SMILES string of the molecule is CCCCCC(=O)NCCCNC(=O)CCNc1nc(N(CCC(=O)NCCCNC(=O)CCCCC)CCC(=O)NCCCNC(=O)CCCCC(C)(C)C)nc(N2CCN(C(=O)CCCC(=O)NCCCCCCNC(=O)/C=C/C(C)(C)C)CC2)n1. The van der Waals surface area contributed by atoms with Crippen LogP contribution in [0.4, 0.5) is 17.8 Å². The molecule has 2 rings (SSSR count). The van der Waals surface area contributed by atoms with Gasteiger partial charge in [0.05, 0.1) is 0 Å². The van der Waals surface area contributed by atoms with E-state index in [0.29, 0.717) is 129 Å². The highest BCUT2D eigenvalue weighted by molar-refractivity contribution is 5.87. The standard InChI is InChI=1S/C64H115N15O9/c1-9-11-15-25-51(80)67-38-22-41-70-56(85)31-44-73-60-74-61(76-62(75-60)79-49-47-77(48-50-79)59(88)29-21-28-54(83)65-36-19-13-14-20-37-66-55(84)30-35-64(6,7)8)78(45-32-57(86)71-42-23-39-68-52(81)26-16-12-10-2)46-33-58(87)72-43-24-40-69-53(82)27-17-18-34-63(3,4)5/h30,35H,9-29,31-34,36-50H2,1-8H3,(H,65,83)(H,66,84)(H,67,80)(H,68,81)(H,69,82)(H,70,85)(H,71,86)(H,72,87)(H,73,74,75,76)/b35-30+. The second-order valence-electron chi connectivity index (χ2n) is 25.2. The van der Waals surface area contributed by atoms with Gasteiger partial charge in [-0.25, -0.2) is 0 Å². The molecule has 1 aromatic rings. The Bertz CT molecular complexity index is 2250. The third-order valence-electron chi connectivity index (χ3n) is 14.5. The molecule has 0 atom stereocenters. The van der Waals surface area contributed by atoms with Gasteiger partial charge in [0.15, 0.2) is 0 Å². The zero-order valence-corrected chi connectivity index (χ0v) is 55.3. The fraction of sp³-hybridized carbons (Fsp3) is 0.781. The van der Waals surface area contributed by atoms with Crippen LogP contribution in [0.15, 0.2) is 12.2 Å². The van der Waals surface area contributed by atoms with E-state index in [2.05, 4.69) is 82.5 Å². The molecular weight excluding hydrogens is 1120 g/mol. The zero-order chi connectivity index (χ0) is 64.8. The maximum atomic E-state index is 13.4. The molecule has 1 aromatic heterocycles. The van der Waals surface area contributed by atoms with Crippen LogP contribution in [-0.4, -0.2) is 171 Å². The summed E-state index contributed by atoms with van der Waals surface area (Å²) in [6.07, 6.45) is 19.8. The number of unbranched alkanes of at least 4 members (excludes halogenated alkanes) is 8. The monoisotopic (exact) mass is 1240 g/mol. The number of nitrogens with one attached hydrogen (secondary N) is 9. The molecule has 0 radical (unpaired) electrons. The van der Waals surface area contributed by atoms with Gasteiger partial charge in [-0.15, -0.1) is 0 Å². The molecule has 0 aromatic carbocycles. The molecule has 0 spiro atoms. The average Bonchev–Trinajstić information content (AvgIpc) is 3.64. The molecule has 2 heterocycles. The number of allylic oxidation sites excluding steroid dienone is 1. The van der Waals surface area contributed by atoms with Crippen LogP contribution in [0.25, 0.3) is 0 Å². The number of nitrogens with zero attached hydrogens (tertiary/aromatic N) is 6. The summed E-state index contributed by atoms with van der Waals surface area (Å²) in [6.45, 7) is 22.4.